The second-order valence-electron chi connectivity index (χ2n) is 19.9. The Hall–Kier alpha value is -6.25. The predicted octanol–water partition coefficient (Wildman–Crippen LogP) is 18.2. The van der Waals surface area contributed by atoms with Gasteiger partial charge in [-0.15, -0.1) is 11.8 Å². The molecule has 360 valence electrons. The first kappa shape index (κ1) is 51.1. The quantitative estimate of drug-likeness (QED) is 0.0627. The molecule has 0 spiro atoms. The van der Waals surface area contributed by atoms with Crippen molar-refractivity contribution < 1.29 is 19.1 Å². The lowest BCUT2D eigenvalue weighted by Crippen LogP contribution is -2.49. The first-order valence-electron chi connectivity index (χ1n) is 24.3. The molecule has 0 heterocycles. The zero-order valence-corrected chi connectivity index (χ0v) is 44.6. The van der Waals surface area contributed by atoms with Crippen molar-refractivity contribution in [2.24, 2.45) is 0 Å². The Bertz CT molecular complexity index is 3040. The van der Waals surface area contributed by atoms with Crippen molar-refractivity contribution in [1.82, 2.24) is 0 Å². The molecule has 4 nitrogen and oxygen atoms in total. The Kier molecular flexibility index (Phi) is 15.9. The summed E-state index contributed by atoms with van der Waals surface area (Å²) >= 11 is 5.34. The number of carbonyl (C=O) groups is 2. The van der Waals surface area contributed by atoms with Gasteiger partial charge in [0, 0.05) is 57.4 Å². The van der Waals surface area contributed by atoms with Crippen LogP contribution in [0.15, 0.2) is 219 Å². The highest BCUT2D eigenvalue weighted by Gasteiger charge is 2.43. The van der Waals surface area contributed by atoms with E-state index >= 15 is 0 Å². The lowest BCUT2D eigenvalue weighted by Gasteiger charge is -2.44. The van der Waals surface area contributed by atoms with Gasteiger partial charge in [-0.3, -0.25) is 9.59 Å². The SMILES string of the molecule is CCC(C)(c1ccc(C(=O)c2ccc(Sc3ccc(Sc4ccc(SC(C)C)cc4)cc3)cc2)cc1)C(C)(C)Oc1ccc(-c2ccc(Oc3ccc(C(=O)c4ccc(C(C)(C)C)cc4)cc3)cc2)cc1. The third kappa shape index (κ3) is 12.6. The third-order valence-electron chi connectivity index (χ3n) is 13.2. The molecule has 1 atom stereocenters. The van der Waals surface area contributed by atoms with Gasteiger partial charge in [-0.2, -0.15) is 0 Å². The Morgan fingerprint density at radius 1 is 0.423 bits per heavy atom. The highest BCUT2D eigenvalue weighted by molar-refractivity contribution is 8.00. The average Bonchev–Trinajstić information content (AvgIpc) is 3.37. The van der Waals surface area contributed by atoms with Crippen molar-refractivity contribution >= 4 is 46.9 Å². The summed E-state index contributed by atoms with van der Waals surface area (Å²) < 4.78 is 12.9. The maximum Gasteiger partial charge on any atom is 0.193 e. The maximum absolute atomic E-state index is 13.7. The second-order valence-corrected chi connectivity index (χ2v) is 23.8. The van der Waals surface area contributed by atoms with E-state index in [9.17, 15) is 9.59 Å². The molecule has 8 rings (SSSR count). The molecule has 0 bridgehead atoms. The molecule has 0 aliphatic heterocycles. The van der Waals surface area contributed by atoms with Gasteiger partial charge in [-0.05, 0) is 169 Å². The van der Waals surface area contributed by atoms with Crippen molar-refractivity contribution in [3.63, 3.8) is 0 Å². The Balaban J connectivity index is 0.834. The van der Waals surface area contributed by atoms with Gasteiger partial charge in [0.1, 0.15) is 22.8 Å². The van der Waals surface area contributed by atoms with E-state index in [2.05, 4.69) is 135 Å². The van der Waals surface area contributed by atoms with Gasteiger partial charge in [0.05, 0.1) is 0 Å². The number of hydrogen-bond donors (Lipinski definition) is 0. The fourth-order valence-corrected chi connectivity index (χ4v) is 10.9. The molecule has 0 amide bonds. The molecule has 0 fully saturated rings. The minimum absolute atomic E-state index is 0.000706. The van der Waals surface area contributed by atoms with E-state index < -0.39 is 5.60 Å². The number of hydrogen-bond acceptors (Lipinski definition) is 7. The van der Waals surface area contributed by atoms with Gasteiger partial charge in [0.25, 0.3) is 0 Å². The summed E-state index contributed by atoms with van der Waals surface area (Å²) in [5.74, 6) is 2.14. The molecule has 8 aromatic carbocycles. The van der Waals surface area contributed by atoms with E-state index in [0.29, 0.717) is 39.0 Å². The third-order valence-corrected chi connectivity index (χ3v) is 16.3. The molecule has 0 aromatic heterocycles. The van der Waals surface area contributed by atoms with Crippen molar-refractivity contribution in [3.05, 3.63) is 228 Å². The largest absolute Gasteiger partial charge is 0.487 e. The molecule has 71 heavy (non-hydrogen) atoms. The van der Waals surface area contributed by atoms with Crippen LogP contribution in [0.5, 0.6) is 17.2 Å². The Morgan fingerprint density at radius 2 is 0.746 bits per heavy atom. The zero-order chi connectivity index (χ0) is 50.3. The van der Waals surface area contributed by atoms with E-state index in [4.69, 9.17) is 9.47 Å². The van der Waals surface area contributed by atoms with E-state index in [1.54, 1.807) is 23.5 Å². The molecule has 0 radical (unpaired) electrons. The normalized spacial score (nSPS) is 12.6. The van der Waals surface area contributed by atoms with Gasteiger partial charge in [-0.1, -0.05) is 145 Å². The fourth-order valence-electron chi connectivity index (χ4n) is 8.45. The summed E-state index contributed by atoms with van der Waals surface area (Å²) in [7, 11) is 0. The number of benzene rings is 8. The molecule has 1 unspecified atom stereocenters. The van der Waals surface area contributed by atoms with Gasteiger partial charge in [0.2, 0.25) is 0 Å². The molecule has 0 aliphatic rings. The smallest absolute Gasteiger partial charge is 0.193 e. The molecular weight excluding hydrogens is 929 g/mol. The van der Waals surface area contributed by atoms with Crippen molar-refractivity contribution in [2.75, 3.05) is 0 Å². The summed E-state index contributed by atoms with van der Waals surface area (Å²) in [6.07, 6.45) is 0.834. The monoisotopic (exact) mass is 990 g/mol. The van der Waals surface area contributed by atoms with Crippen LogP contribution in [0.25, 0.3) is 11.1 Å². The van der Waals surface area contributed by atoms with Gasteiger partial charge in [0.15, 0.2) is 11.6 Å². The standard InChI is InChI=1S/C64H62O4S3/c1-10-64(9,51-25-13-47(14-26-51)61(66)49-21-33-56(34-22-49)70-58-39-41-59(42-40-58)71-57-37-35-55(36-38-57)69-43(2)3)63(7,8)68-54-31-17-45(18-32-54)44-15-27-52(28-16-44)67-53-29-19-48(20-30-53)60(65)46-11-23-50(24-12-46)62(4,5)6/h11-43H,10H2,1-9H3. The number of ether oxygens (including phenoxy) is 2. The van der Waals surface area contributed by atoms with Crippen molar-refractivity contribution in [3.8, 4) is 28.4 Å². The van der Waals surface area contributed by atoms with Crippen LogP contribution in [0.4, 0.5) is 0 Å². The minimum atomic E-state index is -0.581. The van der Waals surface area contributed by atoms with E-state index in [0.717, 1.165) is 38.7 Å². The highest BCUT2D eigenvalue weighted by atomic mass is 32.2. The van der Waals surface area contributed by atoms with Crippen LogP contribution in [0, 0.1) is 0 Å². The fraction of sp³-hybridized carbons (Fsp3) is 0.219. The maximum atomic E-state index is 13.7. The van der Waals surface area contributed by atoms with Crippen LogP contribution >= 0.6 is 35.3 Å². The van der Waals surface area contributed by atoms with Crippen LogP contribution in [0.2, 0.25) is 0 Å². The van der Waals surface area contributed by atoms with Crippen molar-refractivity contribution in [2.45, 2.75) is 115 Å². The Morgan fingerprint density at radius 3 is 1.13 bits per heavy atom. The molecular formula is C64H62O4S3. The van der Waals surface area contributed by atoms with Crippen LogP contribution < -0.4 is 9.47 Å². The minimum Gasteiger partial charge on any atom is -0.487 e. The summed E-state index contributed by atoms with van der Waals surface area (Å²) in [4.78, 5) is 32.8. The number of thioether (sulfide) groups is 1. The molecule has 0 N–H and O–H groups in total. The number of carbonyl (C=O) groups excluding carboxylic acids is 2. The topological polar surface area (TPSA) is 52.6 Å². The van der Waals surface area contributed by atoms with Crippen LogP contribution in [0.3, 0.4) is 0 Å². The Labute approximate surface area is 434 Å². The first-order chi connectivity index (χ1) is 34.0. The highest BCUT2D eigenvalue weighted by Crippen LogP contribution is 2.42. The second kappa shape index (κ2) is 22.0. The lowest BCUT2D eigenvalue weighted by molar-refractivity contribution is 0.0242. The van der Waals surface area contributed by atoms with Crippen LogP contribution in [-0.4, -0.2) is 22.4 Å². The summed E-state index contributed by atoms with van der Waals surface area (Å²) in [6, 6.07) is 64.7. The van der Waals surface area contributed by atoms with Gasteiger partial charge < -0.3 is 9.47 Å². The summed E-state index contributed by atoms with van der Waals surface area (Å²) in [5.41, 5.74) is 6.13. The number of rotatable bonds is 18. The number of ketones is 2. The summed E-state index contributed by atoms with van der Waals surface area (Å²) in [5, 5.41) is 0.569. The van der Waals surface area contributed by atoms with Gasteiger partial charge in [-0.25, -0.2) is 0 Å². The zero-order valence-electron chi connectivity index (χ0n) is 42.1. The van der Waals surface area contributed by atoms with E-state index in [1.165, 1.54) is 20.2 Å². The summed E-state index contributed by atoms with van der Waals surface area (Å²) in [6.45, 7) is 19.6. The molecule has 0 saturated heterocycles. The van der Waals surface area contributed by atoms with Crippen molar-refractivity contribution in [1.29, 1.82) is 0 Å². The molecule has 8 aromatic rings. The van der Waals surface area contributed by atoms with E-state index in [1.807, 2.05) is 133 Å². The van der Waals surface area contributed by atoms with E-state index in [-0.39, 0.29) is 22.4 Å². The molecule has 0 aliphatic carbocycles. The molecule has 7 heteroatoms. The predicted molar refractivity (Wildman–Crippen MR) is 298 cm³/mol. The average molecular weight is 991 g/mol. The molecule has 0 saturated carbocycles. The lowest BCUT2D eigenvalue weighted by atomic mass is 9.68. The van der Waals surface area contributed by atoms with Crippen LogP contribution in [0.1, 0.15) is 112 Å². The first-order valence-corrected chi connectivity index (χ1v) is 26.8. The van der Waals surface area contributed by atoms with Gasteiger partial charge >= 0.3 is 0 Å². The van der Waals surface area contributed by atoms with Crippen LogP contribution in [-0.2, 0) is 10.8 Å².